The van der Waals surface area contributed by atoms with Gasteiger partial charge in [0, 0.05) is 52.5 Å². The van der Waals surface area contributed by atoms with E-state index >= 15 is 0 Å². The van der Waals surface area contributed by atoms with Gasteiger partial charge in [-0.1, -0.05) is 32.4 Å². The largest absolute Gasteiger partial charge is 0.494 e. The highest BCUT2D eigenvalue weighted by atomic mass is 16.5. The Hall–Kier alpha value is -3.38. The number of unbranched alkanes of at least 4 members (excludes halogenated alkanes) is 1. The van der Waals surface area contributed by atoms with E-state index in [0.29, 0.717) is 24.3 Å². The molecular weight excluding hydrogens is 484 g/mol. The zero-order valence-electron chi connectivity index (χ0n) is 23.9. The maximum Gasteiger partial charge on any atom is 0.193 e. The lowest BCUT2D eigenvalue weighted by molar-refractivity contribution is 0.103. The van der Waals surface area contributed by atoms with Crippen LogP contribution < -0.4 is 4.74 Å². The van der Waals surface area contributed by atoms with Gasteiger partial charge in [0.2, 0.25) is 0 Å². The molecule has 6 nitrogen and oxygen atoms in total. The third-order valence-corrected chi connectivity index (χ3v) is 8.08. The van der Waals surface area contributed by atoms with Crippen LogP contribution in [0.15, 0.2) is 54.9 Å². The number of benzene rings is 2. The van der Waals surface area contributed by atoms with Crippen molar-refractivity contribution in [2.24, 2.45) is 0 Å². The summed E-state index contributed by atoms with van der Waals surface area (Å²) >= 11 is 0. The van der Waals surface area contributed by atoms with Crippen LogP contribution in [0.5, 0.6) is 5.75 Å². The summed E-state index contributed by atoms with van der Waals surface area (Å²) < 4.78 is 7.88. The Balaban J connectivity index is 1.32. The van der Waals surface area contributed by atoms with Crippen molar-refractivity contribution >= 4 is 16.7 Å². The lowest BCUT2D eigenvalue weighted by atomic mass is 9.89. The first-order chi connectivity index (χ1) is 19.0. The molecular formula is C33H42N4O2. The number of nitrogens with zero attached hydrogens (tertiary/aromatic N) is 3. The van der Waals surface area contributed by atoms with Crippen LogP contribution in [-0.2, 0) is 19.3 Å². The predicted molar refractivity (Wildman–Crippen MR) is 158 cm³/mol. The highest BCUT2D eigenvalue weighted by Crippen LogP contribution is 2.32. The molecule has 1 N–H and O–H groups in total. The zero-order valence-corrected chi connectivity index (χ0v) is 23.9. The summed E-state index contributed by atoms with van der Waals surface area (Å²) in [6, 6.07) is 14.6. The molecule has 1 aliphatic carbocycles. The number of ketones is 1. The van der Waals surface area contributed by atoms with Crippen molar-refractivity contribution in [1.29, 1.82) is 0 Å². The summed E-state index contributed by atoms with van der Waals surface area (Å²) in [4.78, 5) is 19.7. The molecule has 0 amide bonds. The number of nitrogens with one attached hydrogen (secondary N) is 1. The van der Waals surface area contributed by atoms with Crippen molar-refractivity contribution in [1.82, 2.24) is 19.7 Å². The molecule has 1 unspecified atom stereocenters. The lowest BCUT2D eigenvalue weighted by Gasteiger charge is -2.33. The van der Waals surface area contributed by atoms with Crippen molar-refractivity contribution in [3.8, 4) is 5.75 Å². The minimum atomic E-state index is 0.0391. The second kappa shape index (κ2) is 12.2. The SMILES string of the molecule is CCCCOc1cccc(C(=O)c2ccc3[nH]c4c(c3c2)CC(N(CC)CCc2cnn(C(C)C)c2)CC4)c1. The number of rotatable bonds is 12. The maximum absolute atomic E-state index is 13.5. The molecule has 2 aromatic carbocycles. The summed E-state index contributed by atoms with van der Waals surface area (Å²) in [6.07, 6.45) is 10.5. The third-order valence-electron chi connectivity index (χ3n) is 8.08. The molecule has 0 saturated carbocycles. The molecule has 1 aliphatic rings. The number of hydrogen-bond donors (Lipinski definition) is 1. The number of ether oxygens (including phenoxy) is 1. The lowest BCUT2D eigenvalue weighted by Crippen LogP contribution is -2.40. The van der Waals surface area contributed by atoms with Crippen LogP contribution >= 0.6 is 0 Å². The third kappa shape index (κ3) is 6.11. The number of aromatic nitrogens is 3. The Bertz CT molecular complexity index is 1420. The van der Waals surface area contributed by atoms with E-state index in [1.165, 1.54) is 22.2 Å². The van der Waals surface area contributed by atoms with E-state index in [1.807, 2.05) is 41.2 Å². The second-order valence-electron chi connectivity index (χ2n) is 11.1. The number of fused-ring (bicyclic) bond motifs is 3. The molecule has 2 aromatic heterocycles. The molecule has 1 atom stereocenters. The Morgan fingerprint density at radius 2 is 2.03 bits per heavy atom. The average molecular weight is 527 g/mol. The first kappa shape index (κ1) is 27.2. The highest BCUT2D eigenvalue weighted by Gasteiger charge is 2.27. The molecule has 5 rings (SSSR count). The molecule has 2 heterocycles. The number of likely N-dealkylation sites (N-methyl/N-ethyl adjacent to an activating group) is 1. The van der Waals surface area contributed by atoms with Gasteiger partial charge in [-0.05, 0) is 94.0 Å². The molecule has 4 aromatic rings. The predicted octanol–water partition coefficient (Wildman–Crippen LogP) is 6.78. The van der Waals surface area contributed by atoms with Gasteiger partial charge in [0.15, 0.2) is 5.78 Å². The van der Waals surface area contributed by atoms with Crippen LogP contribution in [0.4, 0.5) is 0 Å². The number of aryl methyl sites for hydroxylation is 1. The summed E-state index contributed by atoms with van der Waals surface area (Å²) in [5.74, 6) is 0.797. The van der Waals surface area contributed by atoms with Crippen molar-refractivity contribution in [3.63, 3.8) is 0 Å². The van der Waals surface area contributed by atoms with E-state index in [1.54, 1.807) is 0 Å². The Kier molecular flexibility index (Phi) is 8.51. The second-order valence-corrected chi connectivity index (χ2v) is 11.1. The Morgan fingerprint density at radius 3 is 2.79 bits per heavy atom. The van der Waals surface area contributed by atoms with Crippen molar-refractivity contribution in [2.45, 2.75) is 78.3 Å². The molecule has 0 radical (unpaired) electrons. The molecule has 0 spiro atoms. The van der Waals surface area contributed by atoms with Gasteiger partial charge in [-0.3, -0.25) is 14.4 Å². The van der Waals surface area contributed by atoms with E-state index in [2.05, 4.69) is 61.0 Å². The monoisotopic (exact) mass is 526 g/mol. The maximum atomic E-state index is 13.5. The average Bonchev–Trinajstić information content (AvgIpc) is 3.58. The number of carbonyl (C=O) groups excluding carboxylic acids is 1. The quantitative estimate of drug-likeness (QED) is 0.163. The molecule has 0 fully saturated rings. The fourth-order valence-corrected chi connectivity index (χ4v) is 5.74. The fourth-order valence-electron chi connectivity index (χ4n) is 5.74. The van der Waals surface area contributed by atoms with Crippen LogP contribution in [0, 0.1) is 0 Å². The van der Waals surface area contributed by atoms with Gasteiger partial charge in [-0.25, -0.2) is 0 Å². The van der Waals surface area contributed by atoms with Crippen LogP contribution in [0.3, 0.4) is 0 Å². The molecule has 0 bridgehead atoms. The van der Waals surface area contributed by atoms with Crippen LogP contribution in [-0.4, -0.2) is 51.2 Å². The normalized spacial score (nSPS) is 15.3. The smallest absolute Gasteiger partial charge is 0.193 e. The number of carbonyl (C=O) groups is 1. The van der Waals surface area contributed by atoms with Crippen LogP contribution in [0.2, 0.25) is 0 Å². The van der Waals surface area contributed by atoms with Gasteiger partial charge < -0.3 is 9.72 Å². The summed E-state index contributed by atoms with van der Waals surface area (Å²) in [6.45, 7) is 11.5. The first-order valence-electron chi connectivity index (χ1n) is 14.6. The van der Waals surface area contributed by atoms with E-state index < -0.39 is 0 Å². The molecule has 206 valence electrons. The Morgan fingerprint density at radius 1 is 1.18 bits per heavy atom. The van der Waals surface area contributed by atoms with E-state index in [-0.39, 0.29) is 5.78 Å². The number of aromatic amines is 1. The molecule has 39 heavy (non-hydrogen) atoms. The summed E-state index contributed by atoms with van der Waals surface area (Å²) in [7, 11) is 0. The van der Waals surface area contributed by atoms with Crippen molar-refractivity contribution in [3.05, 3.63) is 82.8 Å². The van der Waals surface area contributed by atoms with Gasteiger partial charge in [0.1, 0.15) is 5.75 Å². The van der Waals surface area contributed by atoms with Gasteiger partial charge >= 0.3 is 0 Å². The van der Waals surface area contributed by atoms with Gasteiger partial charge in [0.05, 0.1) is 12.8 Å². The number of H-pyrrole nitrogens is 1. The molecule has 0 aliphatic heterocycles. The standard InChI is InChI=1S/C33H42N4O2/c1-5-7-17-39-28-10-8-9-25(18-28)33(38)26-11-13-31-29(19-26)30-20-27(12-14-32(30)35-31)36(6-2)16-15-24-21-34-37(22-24)23(3)4/h8-11,13,18-19,21-23,27,35H,5-7,12,14-17,20H2,1-4H3. The molecule has 6 heteroatoms. The van der Waals surface area contributed by atoms with Crippen LogP contribution in [0.1, 0.15) is 85.7 Å². The van der Waals surface area contributed by atoms with Crippen LogP contribution in [0.25, 0.3) is 10.9 Å². The first-order valence-corrected chi connectivity index (χ1v) is 14.6. The number of hydrogen-bond acceptors (Lipinski definition) is 4. The van der Waals surface area contributed by atoms with Crippen molar-refractivity contribution in [2.75, 3.05) is 19.7 Å². The van der Waals surface area contributed by atoms with Crippen molar-refractivity contribution < 1.29 is 9.53 Å². The van der Waals surface area contributed by atoms with Gasteiger partial charge in [-0.15, -0.1) is 0 Å². The minimum Gasteiger partial charge on any atom is -0.494 e. The van der Waals surface area contributed by atoms with E-state index in [0.717, 1.165) is 68.4 Å². The highest BCUT2D eigenvalue weighted by molar-refractivity contribution is 6.11. The summed E-state index contributed by atoms with van der Waals surface area (Å²) in [5, 5.41) is 5.70. The molecule has 0 saturated heterocycles. The van der Waals surface area contributed by atoms with E-state index in [4.69, 9.17) is 4.74 Å². The minimum absolute atomic E-state index is 0.0391. The summed E-state index contributed by atoms with van der Waals surface area (Å²) in [5.41, 5.74) is 6.52. The fraction of sp³-hybridized carbons (Fsp3) is 0.455. The topological polar surface area (TPSA) is 63.2 Å². The zero-order chi connectivity index (χ0) is 27.4. The van der Waals surface area contributed by atoms with E-state index in [9.17, 15) is 4.79 Å². The van der Waals surface area contributed by atoms with Gasteiger partial charge in [0.25, 0.3) is 0 Å². The van der Waals surface area contributed by atoms with Gasteiger partial charge in [-0.2, -0.15) is 5.10 Å². The Labute approximate surface area is 232 Å².